The molecule has 166 valence electrons. The third kappa shape index (κ3) is 8.82. The van der Waals surface area contributed by atoms with Crippen molar-refractivity contribution < 1.29 is 23.5 Å². The molecule has 0 saturated carbocycles. The van der Waals surface area contributed by atoms with Crippen LogP contribution in [-0.4, -0.2) is 57.7 Å². The highest BCUT2D eigenvalue weighted by Gasteiger charge is 2.40. The number of carbonyl (C=O) groups excluding carboxylic acids is 3. The van der Waals surface area contributed by atoms with E-state index >= 15 is 0 Å². The lowest BCUT2D eigenvalue weighted by Crippen LogP contribution is -2.43. The van der Waals surface area contributed by atoms with Crippen molar-refractivity contribution >= 4 is 26.0 Å². The molecule has 0 aromatic heterocycles. The molecule has 0 heterocycles. The van der Waals surface area contributed by atoms with Crippen LogP contribution < -0.4 is 0 Å². The van der Waals surface area contributed by atoms with Crippen molar-refractivity contribution in [3.8, 4) is 0 Å². The van der Waals surface area contributed by atoms with Crippen molar-refractivity contribution in [3.05, 3.63) is 11.6 Å². The van der Waals surface area contributed by atoms with Crippen molar-refractivity contribution in [1.29, 1.82) is 0 Å². The molecular weight excluding hydrogens is 386 g/mol. The quantitative estimate of drug-likeness (QED) is 0.281. The molecule has 0 N–H and O–H groups in total. The summed E-state index contributed by atoms with van der Waals surface area (Å²) >= 11 is 0. The van der Waals surface area contributed by atoms with Crippen molar-refractivity contribution in [3.63, 3.8) is 0 Å². The van der Waals surface area contributed by atoms with Gasteiger partial charge in [-0.2, -0.15) is 0 Å². The van der Waals surface area contributed by atoms with E-state index in [1.165, 1.54) is 4.90 Å². The Labute approximate surface area is 177 Å². The van der Waals surface area contributed by atoms with Gasteiger partial charge in [0.2, 0.25) is 0 Å². The summed E-state index contributed by atoms with van der Waals surface area (Å²) < 4.78 is 11.3. The summed E-state index contributed by atoms with van der Waals surface area (Å²) in [5, 5.41) is 0.132. The first-order valence-corrected chi connectivity index (χ1v) is 13.5. The average molecular weight is 426 g/mol. The number of Topliss-reactive ketones (excluding diaryl/α,β-unsaturated/α-hetero) is 1. The van der Waals surface area contributed by atoms with Crippen LogP contribution in [0.1, 0.15) is 65.7 Å². The number of esters is 1. The number of nitrogens with zero attached hydrogens (tertiary/aromatic N) is 1. The van der Waals surface area contributed by atoms with Gasteiger partial charge in [-0.05, 0) is 49.0 Å². The first-order chi connectivity index (χ1) is 13.3. The molecule has 7 heteroatoms. The molecule has 0 spiro atoms. The topological polar surface area (TPSA) is 72.9 Å². The van der Waals surface area contributed by atoms with Gasteiger partial charge in [-0.25, -0.2) is 0 Å². The van der Waals surface area contributed by atoms with Crippen molar-refractivity contribution in [2.24, 2.45) is 0 Å². The normalized spacial score (nSPS) is 17.3. The fourth-order valence-electron chi connectivity index (χ4n) is 2.83. The summed E-state index contributed by atoms with van der Waals surface area (Å²) in [6.07, 6.45) is 7.06. The summed E-state index contributed by atoms with van der Waals surface area (Å²) in [4.78, 5) is 36.7. The summed E-state index contributed by atoms with van der Waals surface area (Å²) in [5.41, 5.74) is 0.898. The van der Waals surface area contributed by atoms with Crippen LogP contribution >= 0.6 is 0 Å². The lowest BCUT2D eigenvalue weighted by Gasteiger charge is -2.37. The lowest BCUT2D eigenvalue weighted by atomic mass is 10.0. The van der Waals surface area contributed by atoms with Gasteiger partial charge in [0.05, 0.1) is 6.10 Å². The highest BCUT2D eigenvalue weighted by molar-refractivity contribution is 6.74. The SMILES string of the molecule is CN(C)C(=O)COC(=O)CCCCCCC1=C[C@H](O[Si](C)(C)C(C)(C)C)CC1=O. The Morgan fingerprint density at radius 2 is 1.76 bits per heavy atom. The van der Waals surface area contributed by atoms with Gasteiger partial charge in [0.15, 0.2) is 20.7 Å². The van der Waals surface area contributed by atoms with Gasteiger partial charge in [-0.3, -0.25) is 14.4 Å². The minimum Gasteiger partial charge on any atom is -0.456 e. The number of unbranched alkanes of at least 4 members (excludes halogenated alkanes) is 3. The van der Waals surface area contributed by atoms with Gasteiger partial charge in [0.1, 0.15) is 0 Å². The molecule has 0 saturated heterocycles. The largest absolute Gasteiger partial charge is 0.456 e. The number of rotatable bonds is 11. The van der Waals surface area contributed by atoms with Gasteiger partial charge in [-0.1, -0.05) is 33.6 Å². The van der Waals surface area contributed by atoms with Gasteiger partial charge in [0, 0.05) is 26.9 Å². The minimum absolute atomic E-state index is 0.0713. The number of hydrogen-bond donors (Lipinski definition) is 0. The standard InChI is InChI=1S/C22H39NO5Si/c1-22(2,3)29(6,7)28-18-14-17(19(24)15-18)12-10-8-9-11-13-21(26)27-16-20(25)23(4)5/h14,18H,8-13,15-16H2,1-7H3/t18-/m0/s1. The van der Waals surface area contributed by atoms with Crippen molar-refractivity contribution in [1.82, 2.24) is 4.90 Å². The molecule has 0 radical (unpaired) electrons. The smallest absolute Gasteiger partial charge is 0.306 e. The van der Waals surface area contributed by atoms with Crippen LogP contribution in [0.5, 0.6) is 0 Å². The van der Waals surface area contributed by atoms with Crippen LogP contribution in [0.2, 0.25) is 18.1 Å². The molecule has 1 rings (SSSR count). The van der Waals surface area contributed by atoms with Gasteiger partial charge >= 0.3 is 5.97 Å². The van der Waals surface area contributed by atoms with E-state index in [9.17, 15) is 14.4 Å². The zero-order valence-electron chi connectivity index (χ0n) is 19.3. The summed E-state index contributed by atoms with van der Waals surface area (Å²) in [6.45, 7) is 10.8. The van der Waals surface area contributed by atoms with Crippen molar-refractivity contribution in [2.45, 2.75) is 90.0 Å². The van der Waals surface area contributed by atoms with E-state index in [0.717, 1.165) is 37.7 Å². The van der Waals surface area contributed by atoms with Crippen LogP contribution in [0.4, 0.5) is 0 Å². The number of amides is 1. The molecule has 0 aromatic carbocycles. The van der Waals surface area contributed by atoms with Crippen LogP contribution in [0.3, 0.4) is 0 Å². The molecule has 0 fully saturated rings. The summed E-state index contributed by atoms with van der Waals surface area (Å²) in [5.74, 6) is -0.342. The second-order valence-corrected chi connectivity index (χ2v) is 14.4. The Kier molecular flexibility index (Phi) is 9.75. The molecule has 29 heavy (non-hydrogen) atoms. The fourth-order valence-corrected chi connectivity index (χ4v) is 4.09. The van der Waals surface area contributed by atoms with Crippen LogP contribution in [-0.2, 0) is 23.5 Å². The molecule has 1 atom stereocenters. The third-order valence-electron chi connectivity index (χ3n) is 5.82. The monoisotopic (exact) mass is 425 g/mol. The number of hydrogen-bond acceptors (Lipinski definition) is 5. The first kappa shape index (κ1) is 25.6. The zero-order valence-corrected chi connectivity index (χ0v) is 20.3. The molecule has 1 aliphatic rings. The van der Waals surface area contributed by atoms with Crippen LogP contribution in [0.25, 0.3) is 0 Å². The van der Waals surface area contributed by atoms with Gasteiger partial charge in [0.25, 0.3) is 5.91 Å². The van der Waals surface area contributed by atoms with E-state index in [2.05, 4.69) is 33.9 Å². The number of carbonyl (C=O) groups is 3. The van der Waals surface area contributed by atoms with E-state index in [1.807, 2.05) is 6.08 Å². The lowest BCUT2D eigenvalue weighted by molar-refractivity contribution is -0.151. The average Bonchev–Trinajstić information content (AvgIpc) is 2.93. The minimum atomic E-state index is -1.87. The zero-order chi connectivity index (χ0) is 22.2. The second-order valence-electron chi connectivity index (χ2n) is 9.60. The maximum atomic E-state index is 12.3. The molecule has 0 aliphatic heterocycles. The van der Waals surface area contributed by atoms with Gasteiger partial charge < -0.3 is 14.1 Å². The molecule has 1 amide bonds. The highest BCUT2D eigenvalue weighted by Crippen LogP contribution is 2.39. The molecule has 0 aromatic rings. The van der Waals surface area contributed by atoms with E-state index in [0.29, 0.717) is 12.8 Å². The predicted octanol–water partition coefficient (Wildman–Crippen LogP) is 4.25. The molecule has 1 aliphatic carbocycles. The molecule has 0 bridgehead atoms. The van der Waals surface area contributed by atoms with E-state index in [1.54, 1.807) is 14.1 Å². The van der Waals surface area contributed by atoms with Crippen molar-refractivity contribution in [2.75, 3.05) is 20.7 Å². The van der Waals surface area contributed by atoms with Gasteiger partial charge in [-0.15, -0.1) is 0 Å². The van der Waals surface area contributed by atoms with E-state index in [4.69, 9.17) is 9.16 Å². The predicted molar refractivity (Wildman–Crippen MR) is 117 cm³/mol. The summed E-state index contributed by atoms with van der Waals surface area (Å²) in [6, 6.07) is 0. The first-order valence-electron chi connectivity index (χ1n) is 10.6. The maximum Gasteiger partial charge on any atom is 0.306 e. The Hall–Kier alpha value is -1.47. The highest BCUT2D eigenvalue weighted by atomic mass is 28.4. The Morgan fingerprint density at radius 1 is 1.14 bits per heavy atom. The Bertz CT molecular complexity index is 619. The van der Waals surface area contributed by atoms with Crippen LogP contribution in [0.15, 0.2) is 11.6 Å². The third-order valence-corrected chi connectivity index (χ3v) is 10.3. The van der Waals surface area contributed by atoms with E-state index < -0.39 is 8.32 Å². The number of allylic oxidation sites excluding steroid dienone is 1. The molecule has 6 nitrogen and oxygen atoms in total. The Morgan fingerprint density at radius 3 is 2.34 bits per heavy atom. The number of ether oxygens (including phenoxy) is 1. The summed E-state index contributed by atoms with van der Waals surface area (Å²) in [7, 11) is 1.38. The number of likely N-dealkylation sites (N-methyl/N-ethyl adjacent to an activating group) is 1. The number of ketones is 1. The Balaban J connectivity index is 2.25. The van der Waals surface area contributed by atoms with Crippen LogP contribution in [0, 0.1) is 0 Å². The second kappa shape index (κ2) is 11.1. The maximum absolute atomic E-state index is 12.3. The molecular formula is C22H39NO5Si. The molecule has 0 unspecified atom stereocenters. The van der Waals surface area contributed by atoms with E-state index in [-0.39, 0.29) is 35.4 Å². The fraction of sp³-hybridized carbons (Fsp3) is 0.773.